The Bertz CT molecular complexity index is 1080. The molecule has 0 aliphatic rings. The van der Waals surface area contributed by atoms with Crippen LogP contribution in [0.1, 0.15) is 12.5 Å². The molecule has 2 N–H and O–H groups in total. The van der Waals surface area contributed by atoms with Crippen LogP contribution in [0.3, 0.4) is 0 Å². The molecule has 0 saturated heterocycles. The van der Waals surface area contributed by atoms with Gasteiger partial charge >= 0.3 is 6.18 Å². The van der Waals surface area contributed by atoms with E-state index in [0.717, 1.165) is 12.1 Å². The number of rotatable bonds is 4. The highest BCUT2D eigenvalue weighted by molar-refractivity contribution is 7.80. The molecule has 0 radical (unpaired) electrons. The molecule has 6 nitrogen and oxygen atoms in total. The number of thiocarbonyl (C=S) groups is 1. The molecule has 152 valence electrons. The molecule has 29 heavy (non-hydrogen) atoms. The number of aryl methyl sites for hydroxylation is 1. The van der Waals surface area contributed by atoms with Gasteiger partial charge in [-0.15, -0.1) is 10.2 Å². The van der Waals surface area contributed by atoms with Crippen LogP contribution in [0.4, 0.5) is 24.5 Å². The minimum absolute atomic E-state index is 0.0149. The number of azo groups is 1. The maximum Gasteiger partial charge on any atom is 0.416 e. The van der Waals surface area contributed by atoms with E-state index >= 15 is 0 Å². The van der Waals surface area contributed by atoms with Gasteiger partial charge in [-0.05, 0) is 61.6 Å². The molecule has 2 aromatic carbocycles. The van der Waals surface area contributed by atoms with E-state index in [9.17, 15) is 18.3 Å². The maximum absolute atomic E-state index is 13.1. The summed E-state index contributed by atoms with van der Waals surface area (Å²) in [6.45, 7) is 2.10. The smallest absolute Gasteiger partial charge is 0.416 e. The number of methoxy groups -OCH3 is 1. The number of nitrogens with one attached hydrogen (secondary N) is 1. The van der Waals surface area contributed by atoms with Gasteiger partial charge in [-0.3, -0.25) is 0 Å². The van der Waals surface area contributed by atoms with Crippen LogP contribution in [-0.4, -0.2) is 21.9 Å². The van der Waals surface area contributed by atoms with Crippen molar-refractivity contribution in [3.63, 3.8) is 0 Å². The lowest BCUT2D eigenvalue weighted by Gasteiger charge is -2.07. The van der Waals surface area contributed by atoms with Crippen LogP contribution in [0, 0.1) is 0 Å². The van der Waals surface area contributed by atoms with Gasteiger partial charge in [0.25, 0.3) is 0 Å². The van der Waals surface area contributed by atoms with Gasteiger partial charge in [-0.1, -0.05) is 0 Å². The summed E-state index contributed by atoms with van der Waals surface area (Å²) >= 11 is 5.11. The fraction of sp³-hybridized carbons (Fsp3) is 0.211. The van der Waals surface area contributed by atoms with Crippen molar-refractivity contribution in [1.29, 1.82) is 0 Å². The van der Waals surface area contributed by atoms with E-state index in [4.69, 9.17) is 17.0 Å². The van der Waals surface area contributed by atoms with Crippen LogP contribution in [-0.2, 0) is 12.7 Å². The summed E-state index contributed by atoms with van der Waals surface area (Å²) in [7, 11) is 1.55. The van der Waals surface area contributed by atoms with E-state index < -0.39 is 11.7 Å². The summed E-state index contributed by atoms with van der Waals surface area (Å²) in [5, 5.41) is 21.1. The monoisotopic (exact) mass is 422 g/mol. The minimum Gasteiger partial charge on any atom is -0.497 e. The number of aromatic hydroxyl groups is 1. The summed E-state index contributed by atoms with van der Waals surface area (Å²) in [5.74, 6) is 0.388. The van der Waals surface area contributed by atoms with E-state index in [1.807, 2.05) is 0 Å². The van der Waals surface area contributed by atoms with Gasteiger partial charge in [0.05, 0.1) is 18.2 Å². The molecule has 0 aliphatic carbocycles. The Kier molecular flexibility index (Phi) is 5.73. The first-order valence-electron chi connectivity index (χ1n) is 8.53. The third kappa shape index (κ3) is 4.32. The Hall–Kier alpha value is -3.14. The lowest BCUT2D eigenvalue weighted by Crippen LogP contribution is -2.04. The SMILES string of the molecule is CCn1c(O)c(N=NC(=S)Nc2ccc(OC)cc2)c2cc(C(F)(F)F)ccc21. The van der Waals surface area contributed by atoms with Gasteiger partial charge < -0.3 is 19.7 Å². The third-order valence-electron chi connectivity index (χ3n) is 4.24. The van der Waals surface area contributed by atoms with E-state index in [1.54, 1.807) is 38.3 Å². The standard InChI is InChI=1S/C19H17F3N4O2S/c1-3-26-15-9-4-11(19(20,21)22)10-14(15)16(17(26)27)24-25-18(29)23-12-5-7-13(28-2)8-6-12/h4-10,27H,3H2,1-2H3,(H,23,29). The fourth-order valence-corrected chi connectivity index (χ4v) is 3.00. The first kappa shape index (κ1) is 20.6. The van der Waals surface area contributed by atoms with E-state index in [-0.39, 0.29) is 22.1 Å². The molecule has 10 heteroatoms. The van der Waals surface area contributed by atoms with Crippen LogP contribution in [0.2, 0.25) is 0 Å². The molecular weight excluding hydrogens is 405 g/mol. The predicted octanol–water partition coefficient (Wildman–Crippen LogP) is 5.87. The van der Waals surface area contributed by atoms with Crippen molar-refractivity contribution in [2.24, 2.45) is 10.2 Å². The Balaban J connectivity index is 1.93. The van der Waals surface area contributed by atoms with Crippen molar-refractivity contribution < 1.29 is 23.0 Å². The zero-order chi connectivity index (χ0) is 21.2. The number of fused-ring (bicyclic) bond motifs is 1. The zero-order valence-electron chi connectivity index (χ0n) is 15.5. The molecule has 0 atom stereocenters. The number of anilines is 1. The number of nitrogens with zero attached hydrogens (tertiary/aromatic N) is 3. The van der Waals surface area contributed by atoms with Gasteiger partial charge in [0.2, 0.25) is 11.0 Å². The van der Waals surface area contributed by atoms with Crippen LogP contribution >= 0.6 is 12.2 Å². The summed E-state index contributed by atoms with van der Waals surface area (Å²) in [5.41, 5.74) is 0.135. The molecule has 1 heterocycles. The van der Waals surface area contributed by atoms with E-state index in [2.05, 4.69) is 15.5 Å². The highest BCUT2D eigenvalue weighted by Gasteiger charge is 2.31. The minimum atomic E-state index is -4.52. The molecule has 0 unspecified atom stereocenters. The van der Waals surface area contributed by atoms with Crippen molar-refractivity contribution in [2.45, 2.75) is 19.6 Å². The largest absolute Gasteiger partial charge is 0.497 e. The molecule has 0 aliphatic heterocycles. The van der Waals surface area contributed by atoms with Crippen LogP contribution in [0.15, 0.2) is 52.7 Å². The van der Waals surface area contributed by atoms with Gasteiger partial charge in [-0.2, -0.15) is 13.2 Å². The Morgan fingerprint density at radius 2 is 1.90 bits per heavy atom. The average Bonchev–Trinajstić information content (AvgIpc) is 2.96. The Labute approximate surface area is 169 Å². The molecule has 3 rings (SSSR count). The van der Waals surface area contributed by atoms with E-state index in [0.29, 0.717) is 23.5 Å². The first-order chi connectivity index (χ1) is 13.7. The number of hydrogen-bond donors (Lipinski definition) is 2. The summed E-state index contributed by atoms with van der Waals surface area (Å²) in [6.07, 6.45) is -4.52. The maximum atomic E-state index is 13.1. The number of halogens is 3. The van der Waals surface area contributed by atoms with E-state index in [1.165, 1.54) is 10.6 Å². The third-order valence-corrected chi connectivity index (χ3v) is 4.42. The molecular formula is C19H17F3N4O2S. The average molecular weight is 422 g/mol. The molecule has 3 aromatic rings. The number of benzene rings is 2. The second kappa shape index (κ2) is 8.08. The Morgan fingerprint density at radius 1 is 1.21 bits per heavy atom. The van der Waals surface area contributed by atoms with Gasteiger partial charge in [0, 0.05) is 17.6 Å². The van der Waals surface area contributed by atoms with Crippen LogP contribution < -0.4 is 10.1 Å². The van der Waals surface area contributed by atoms with Crippen molar-refractivity contribution in [1.82, 2.24) is 4.57 Å². The second-order valence-corrected chi connectivity index (χ2v) is 6.39. The topological polar surface area (TPSA) is 71.1 Å². The second-order valence-electron chi connectivity index (χ2n) is 6.00. The van der Waals surface area contributed by atoms with Crippen LogP contribution in [0.25, 0.3) is 10.9 Å². The first-order valence-corrected chi connectivity index (χ1v) is 8.94. The summed E-state index contributed by atoms with van der Waals surface area (Å²) < 4.78 is 45.8. The number of hydrogen-bond acceptors (Lipinski definition) is 4. The Morgan fingerprint density at radius 3 is 2.48 bits per heavy atom. The molecule has 0 bridgehead atoms. The molecule has 0 spiro atoms. The van der Waals surface area contributed by atoms with Crippen molar-refractivity contribution >= 4 is 39.6 Å². The highest BCUT2D eigenvalue weighted by atomic mass is 32.1. The van der Waals surface area contributed by atoms with Gasteiger partial charge in [-0.25, -0.2) is 0 Å². The summed E-state index contributed by atoms with van der Waals surface area (Å²) in [6, 6.07) is 10.1. The number of ether oxygens (including phenoxy) is 1. The zero-order valence-corrected chi connectivity index (χ0v) is 16.3. The van der Waals surface area contributed by atoms with Crippen molar-refractivity contribution in [3.8, 4) is 11.6 Å². The molecule has 0 amide bonds. The predicted molar refractivity (Wildman–Crippen MR) is 108 cm³/mol. The van der Waals surface area contributed by atoms with Crippen molar-refractivity contribution in [2.75, 3.05) is 12.4 Å². The lowest BCUT2D eigenvalue weighted by atomic mass is 10.1. The lowest BCUT2D eigenvalue weighted by molar-refractivity contribution is -0.137. The molecule has 0 saturated carbocycles. The molecule has 1 aromatic heterocycles. The quantitative estimate of drug-likeness (QED) is 0.407. The number of alkyl halides is 3. The number of aromatic nitrogens is 1. The van der Waals surface area contributed by atoms with Crippen molar-refractivity contribution in [3.05, 3.63) is 48.0 Å². The highest BCUT2D eigenvalue weighted by Crippen LogP contribution is 2.41. The normalized spacial score (nSPS) is 11.9. The molecule has 0 fully saturated rings. The fourth-order valence-electron chi connectivity index (χ4n) is 2.84. The van der Waals surface area contributed by atoms with Crippen LogP contribution in [0.5, 0.6) is 11.6 Å². The van der Waals surface area contributed by atoms with Gasteiger partial charge in [0.15, 0.2) is 5.69 Å². The summed E-state index contributed by atoms with van der Waals surface area (Å²) in [4.78, 5) is 0. The van der Waals surface area contributed by atoms with Gasteiger partial charge in [0.1, 0.15) is 5.75 Å².